The van der Waals surface area contributed by atoms with E-state index in [1.54, 1.807) is 0 Å². The third kappa shape index (κ3) is 3.04. The summed E-state index contributed by atoms with van der Waals surface area (Å²) in [7, 11) is 0. The average molecular weight is 241 g/mol. The van der Waals surface area contributed by atoms with Gasteiger partial charge in [0, 0.05) is 6.42 Å². The zero-order chi connectivity index (χ0) is 13.0. The first-order valence-corrected chi connectivity index (χ1v) is 6.20. The molecular formula is C16H19NO. The minimum atomic E-state index is 0.651. The number of nitrogen functional groups attached to an aromatic ring is 1. The molecule has 2 heteroatoms. The molecule has 0 saturated heterocycles. The van der Waals surface area contributed by atoms with Crippen LogP contribution in [-0.4, -0.2) is 6.61 Å². The third-order valence-electron chi connectivity index (χ3n) is 2.93. The van der Waals surface area contributed by atoms with Gasteiger partial charge in [-0.1, -0.05) is 36.4 Å². The largest absolute Gasteiger partial charge is 0.491 e. The van der Waals surface area contributed by atoms with E-state index < -0.39 is 0 Å². The molecule has 0 aromatic heterocycles. The highest BCUT2D eigenvalue weighted by molar-refractivity contribution is 5.58. The molecule has 0 atom stereocenters. The fourth-order valence-corrected chi connectivity index (χ4v) is 2.10. The molecule has 0 unspecified atom stereocenters. The molecule has 0 heterocycles. The number of hydrogen-bond donors (Lipinski definition) is 1. The maximum Gasteiger partial charge on any atom is 0.145 e. The summed E-state index contributed by atoms with van der Waals surface area (Å²) < 4.78 is 5.80. The second-order valence-corrected chi connectivity index (χ2v) is 4.58. The molecule has 0 saturated carbocycles. The maximum absolute atomic E-state index is 5.98. The lowest BCUT2D eigenvalue weighted by molar-refractivity contribution is 0.321. The van der Waals surface area contributed by atoms with Crippen LogP contribution in [0, 0.1) is 13.8 Å². The van der Waals surface area contributed by atoms with Gasteiger partial charge in [-0.15, -0.1) is 0 Å². The van der Waals surface area contributed by atoms with Crippen molar-refractivity contribution in [1.29, 1.82) is 0 Å². The summed E-state index contributed by atoms with van der Waals surface area (Å²) in [5.41, 5.74) is 10.2. The highest BCUT2D eigenvalue weighted by Gasteiger charge is 2.05. The molecular weight excluding hydrogens is 222 g/mol. The summed E-state index contributed by atoms with van der Waals surface area (Å²) in [5, 5.41) is 0. The fraction of sp³-hybridized carbons (Fsp3) is 0.250. The number of ether oxygens (including phenoxy) is 1. The Kier molecular flexibility index (Phi) is 3.88. The van der Waals surface area contributed by atoms with E-state index >= 15 is 0 Å². The van der Waals surface area contributed by atoms with Crippen molar-refractivity contribution in [2.75, 3.05) is 12.3 Å². The van der Waals surface area contributed by atoms with E-state index in [2.05, 4.69) is 18.2 Å². The lowest BCUT2D eigenvalue weighted by atomic mass is 10.1. The topological polar surface area (TPSA) is 35.2 Å². The molecule has 2 nitrogen and oxygen atoms in total. The lowest BCUT2D eigenvalue weighted by Crippen LogP contribution is -2.05. The van der Waals surface area contributed by atoms with Crippen LogP contribution in [0.25, 0.3) is 0 Å². The third-order valence-corrected chi connectivity index (χ3v) is 2.93. The molecule has 0 aliphatic heterocycles. The minimum Gasteiger partial charge on any atom is -0.491 e. The van der Waals surface area contributed by atoms with E-state index in [1.807, 2.05) is 38.1 Å². The molecule has 0 amide bonds. The van der Waals surface area contributed by atoms with Crippen molar-refractivity contribution in [2.24, 2.45) is 0 Å². The summed E-state index contributed by atoms with van der Waals surface area (Å²) >= 11 is 0. The Hall–Kier alpha value is -1.96. The van der Waals surface area contributed by atoms with Crippen molar-refractivity contribution in [3.63, 3.8) is 0 Å². The van der Waals surface area contributed by atoms with E-state index in [-0.39, 0.29) is 0 Å². The normalized spacial score (nSPS) is 10.3. The standard InChI is InChI=1S/C16H19NO/c1-12-10-13(2)16(15(17)11-12)18-9-8-14-6-4-3-5-7-14/h3-7,10-11H,8-9,17H2,1-2H3. The van der Waals surface area contributed by atoms with Gasteiger partial charge in [0.2, 0.25) is 0 Å². The summed E-state index contributed by atoms with van der Waals surface area (Å²) in [4.78, 5) is 0. The van der Waals surface area contributed by atoms with Gasteiger partial charge in [0.05, 0.1) is 12.3 Å². The summed E-state index contributed by atoms with van der Waals surface area (Å²) in [6, 6.07) is 14.4. The van der Waals surface area contributed by atoms with Gasteiger partial charge < -0.3 is 10.5 Å². The Morgan fingerprint density at radius 2 is 1.78 bits per heavy atom. The second kappa shape index (κ2) is 5.58. The quantitative estimate of drug-likeness (QED) is 0.831. The van der Waals surface area contributed by atoms with E-state index in [0.29, 0.717) is 6.61 Å². The first kappa shape index (κ1) is 12.5. The Morgan fingerprint density at radius 3 is 2.44 bits per heavy atom. The second-order valence-electron chi connectivity index (χ2n) is 4.58. The van der Waals surface area contributed by atoms with Gasteiger partial charge in [0.1, 0.15) is 5.75 Å². The van der Waals surface area contributed by atoms with Crippen LogP contribution in [0.1, 0.15) is 16.7 Å². The average Bonchev–Trinajstić information content (AvgIpc) is 2.34. The van der Waals surface area contributed by atoms with Crippen LogP contribution >= 0.6 is 0 Å². The van der Waals surface area contributed by atoms with Crippen molar-refractivity contribution < 1.29 is 4.74 Å². The van der Waals surface area contributed by atoms with E-state index in [9.17, 15) is 0 Å². The number of hydrogen-bond acceptors (Lipinski definition) is 2. The summed E-state index contributed by atoms with van der Waals surface area (Å²) in [6.45, 7) is 4.72. The van der Waals surface area contributed by atoms with Crippen molar-refractivity contribution in [3.05, 3.63) is 59.2 Å². The van der Waals surface area contributed by atoms with Crippen molar-refractivity contribution >= 4 is 5.69 Å². The first-order valence-electron chi connectivity index (χ1n) is 6.20. The Balaban J connectivity index is 1.99. The molecule has 0 aliphatic carbocycles. The number of anilines is 1. The minimum absolute atomic E-state index is 0.651. The van der Waals surface area contributed by atoms with Crippen LogP contribution in [-0.2, 0) is 6.42 Å². The highest BCUT2D eigenvalue weighted by atomic mass is 16.5. The molecule has 0 fully saturated rings. The summed E-state index contributed by atoms with van der Waals surface area (Å²) in [5.74, 6) is 0.816. The first-order chi connectivity index (χ1) is 8.66. The van der Waals surface area contributed by atoms with Gasteiger partial charge in [-0.25, -0.2) is 0 Å². The van der Waals surface area contributed by atoms with E-state index in [1.165, 1.54) is 11.1 Å². The van der Waals surface area contributed by atoms with Gasteiger partial charge in [-0.3, -0.25) is 0 Å². The predicted octanol–water partition coefficient (Wildman–Crippen LogP) is 3.51. The maximum atomic E-state index is 5.98. The lowest BCUT2D eigenvalue weighted by Gasteiger charge is -2.12. The van der Waals surface area contributed by atoms with E-state index in [0.717, 1.165) is 23.4 Å². The van der Waals surface area contributed by atoms with Crippen LogP contribution in [0.3, 0.4) is 0 Å². The molecule has 18 heavy (non-hydrogen) atoms. The predicted molar refractivity (Wildman–Crippen MR) is 76.0 cm³/mol. The zero-order valence-corrected chi connectivity index (χ0v) is 10.9. The molecule has 0 aliphatic rings. The molecule has 2 N–H and O–H groups in total. The number of nitrogens with two attached hydrogens (primary N) is 1. The van der Waals surface area contributed by atoms with Crippen LogP contribution in [0.4, 0.5) is 5.69 Å². The molecule has 2 aromatic rings. The number of rotatable bonds is 4. The summed E-state index contributed by atoms with van der Waals surface area (Å²) in [6.07, 6.45) is 0.896. The van der Waals surface area contributed by atoms with Crippen molar-refractivity contribution in [3.8, 4) is 5.75 Å². The van der Waals surface area contributed by atoms with Gasteiger partial charge in [-0.2, -0.15) is 0 Å². The Bertz CT molecular complexity index is 497. The van der Waals surface area contributed by atoms with Gasteiger partial charge >= 0.3 is 0 Å². The Labute approximate surface area is 108 Å². The molecule has 2 rings (SSSR count). The van der Waals surface area contributed by atoms with Crippen molar-refractivity contribution in [2.45, 2.75) is 20.3 Å². The van der Waals surface area contributed by atoms with E-state index in [4.69, 9.17) is 10.5 Å². The van der Waals surface area contributed by atoms with Gasteiger partial charge in [0.25, 0.3) is 0 Å². The fourth-order valence-electron chi connectivity index (χ4n) is 2.10. The Morgan fingerprint density at radius 1 is 1.06 bits per heavy atom. The van der Waals surface area contributed by atoms with Crippen LogP contribution in [0.5, 0.6) is 5.75 Å². The van der Waals surface area contributed by atoms with Crippen LogP contribution in [0.2, 0.25) is 0 Å². The van der Waals surface area contributed by atoms with Crippen LogP contribution < -0.4 is 10.5 Å². The van der Waals surface area contributed by atoms with Crippen LogP contribution in [0.15, 0.2) is 42.5 Å². The zero-order valence-electron chi connectivity index (χ0n) is 10.9. The molecule has 0 radical (unpaired) electrons. The van der Waals surface area contributed by atoms with Gasteiger partial charge in [0.15, 0.2) is 0 Å². The molecule has 0 spiro atoms. The number of aryl methyl sites for hydroxylation is 2. The highest BCUT2D eigenvalue weighted by Crippen LogP contribution is 2.27. The van der Waals surface area contributed by atoms with Crippen molar-refractivity contribution in [1.82, 2.24) is 0 Å². The van der Waals surface area contributed by atoms with Gasteiger partial charge in [-0.05, 0) is 36.6 Å². The monoisotopic (exact) mass is 241 g/mol. The SMILES string of the molecule is Cc1cc(C)c(OCCc2ccccc2)c(N)c1. The smallest absolute Gasteiger partial charge is 0.145 e. The molecule has 0 bridgehead atoms. The number of benzene rings is 2. The molecule has 94 valence electrons. The molecule has 2 aromatic carbocycles.